The Balaban J connectivity index is 2.28. The summed E-state index contributed by atoms with van der Waals surface area (Å²) in [6.07, 6.45) is 2.01. The quantitative estimate of drug-likeness (QED) is 0.505. The SMILES string of the molecule is CN[C@@H]1CCN(C=O)C1. The lowest BCUT2D eigenvalue weighted by atomic mass is 10.3. The topological polar surface area (TPSA) is 32.3 Å². The van der Waals surface area contributed by atoms with Crippen molar-refractivity contribution in [3.8, 4) is 0 Å². The fraction of sp³-hybridized carbons (Fsp3) is 0.833. The van der Waals surface area contributed by atoms with E-state index < -0.39 is 0 Å². The van der Waals surface area contributed by atoms with Crippen LogP contribution >= 0.6 is 0 Å². The van der Waals surface area contributed by atoms with Gasteiger partial charge in [-0.1, -0.05) is 0 Å². The van der Waals surface area contributed by atoms with Crippen molar-refractivity contribution in [1.82, 2.24) is 10.2 Å². The summed E-state index contributed by atoms with van der Waals surface area (Å²) in [7, 11) is 1.93. The average molecular weight is 128 g/mol. The maximum atomic E-state index is 10.2. The molecule has 0 aromatic rings. The molecule has 3 heteroatoms. The van der Waals surface area contributed by atoms with Gasteiger partial charge < -0.3 is 10.2 Å². The maximum Gasteiger partial charge on any atom is 0.209 e. The number of likely N-dealkylation sites (N-methyl/N-ethyl adjacent to an activating group) is 1. The predicted molar refractivity (Wildman–Crippen MR) is 35.1 cm³/mol. The molecular weight excluding hydrogens is 116 g/mol. The van der Waals surface area contributed by atoms with Gasteiger partial charge in [0.15, 0.2) is 0 Å². The second kappa shape index (κ2) is 2.82. The number of likely N-dealkylation sites (tertiary alicyclic amines) is 1. The lowest BCUT2D eigenvalue weighted by molar-refractivity contribution is -0.117. The van der Waals surface area contributed by atoms with Gasteiger partial charge >= 0.3 is 0 Å². The Bertz CT molecular complexity index is 105. The zero-order valence-electron chi connectivity index (χ0n) is 5.63. The minimum Gasteiger partial charge on any atom is -0.344 e. The molecule has 52 valence electrons. The zero-order chi connectivity index (χ0) is 6.69. The lowest BCUT2D eigenvalue weighted by Gasteiger charge is -2.07. The molecule has 1 N–H and O–H groups in total. The first-order chi connectivity index (χ1) is 4.36. The molecule has 1 fully saturated rings. The van der Waals surface area contributed by atoms with Crippen LogP contribution in [-0.4, -0.2) is 37.5 Å². The number of amides is 1. The van der Waals surface area contributed by atoms with Crippen LogP contribution in [0.3, 0.4) is 0 Å². The van der Waals surface area contributed by atoms with E-state index in [1.54, 1.807) is 4.90 Å². The van der Waals surface area contributed by atoms with Crippen LogP contribution in [0.2, 0.25) is 0 Å². The first-order valence-electron chi connectivity index (χ1n) is 3.23. The van der Waals surface area contributed by atoms with E-state index >= 15 is 0 Å². The average Bonchev–Trinajstić information content (AvgIpc) is 2.34. The van der Waals surface area contributed by atoms with Crippen molar-refractivity contribution in [2.24, 2.45) is 0 Å². The smallest absolute Gasteiger partial charge is 0.209 e. The maximum absolute atomic E-state index is 10.2. The number of nitrogens with zero attached hydrogens (tertiary/aromatic N) is 1. The molecular formula is C6H12N2O. The highest BCUT2D eigenvalue weighted by molar-refractivity contribution is 5.47. The van der Waals surface area contributed by atoms with Gasteiger partial charge in [-0.05, 0) is 13.5 Å². The molecule has 1 rings (SSSR count). The van der Waals surface area contributed by atoms with E-state index in [9.17, 15) is 4.79 Å². The summed E-state index contributed by atoms with van der Waals surface area (Å²) in [6, 6.07) is 0.523. The van der Waals surface area contributed by atoms with Crippen molar-refractivity contribution in [3.63, 3.8) is 0 Å². The molecule has 1 saturated heterocycles. The van der Waals surface area contributed by atoms with Crippen molar-refractivity contribution in [3.05, 3.63) is 0 Å². The van der Waals surface area contributed by atoms with Gasteiger partial charge in [-0.25, -0.2) is 0 Å². The van der Waals surface area contributed by atoms with Crippen LogP contribution in [0.4, 0.5) is 0 Å². The summed E-state index contributed by atoms with van der Waals surface area (Å²) >= 11 is 0. The van der Waals surface area contributed by atoms with Crippen molar-refractivity contribution in [2.75, 3.05) is 20.1 Å². The van der Waals surface area contributed by atoms with Crippen molar-refractivity contribution >= 4 is 6.41 Å². The van der Waals surface area contributed by atoms with Gasteiger partial charge in [0.1, 0.15) is 0 Å². The van der Waals surface area contributed by atoms with Gasteiger partial charge in [0.25, 0.3) is 0 Å². The minimum absolute atomic E-state index is 0.523. The second-order valence-corrected chi connectivity index (χ2v) is 2.37. The molecule has 3 nitrogen and oxygen atoms in total. The molecule has 9 heavy (non-hydrogen) atoms. The van der Waals surface area contributed by atoms with Crippen LogP contribution in [0.25, 0.3) is 0 Å². The van der Waals surface area contributed by atoms with E-state index in [-0.39, 0.29) is 0 Å². The number of hydrogen-bond acceptors (Lipinski definition) is 2. The van der Waals surface area contributed by atoms with Gasteiger partial charge in [0, 0.05) is 19.1 Å². The van der Waals surface area contributed by atoms with Crippen LogP contribution < -0.4 is 5.32 Å². The molecule has 0 aromatic carbocycles. The van der Waals surface area contributed by atoms with Crippen LogP contribution in [0.1, 0.15) is 6.42 Å². The van der Waals surface area contributed by atoms with E-state index in [1.165, 1.54) is 0 Å². The highest BCUT2D eigenvalue weighted by Gasteiger charge is 2.18. The Labute approximate surface area is 55.0 Å². The Hall–Kier alpha value is -0.570. The fourth-order valence-electron chi connectivity index (χ4n) is 1.12. The summed E-state index contributed by atoms with van der Waals surface area (Å²) < 4.78 is 0. The molecule has 1 aliphatic heterocycles. The number of carbonyl (C=O) groups excluding carboxylic acids is 1. The summed E-state index contributed by atoms with van der Waals surface area (Å²) in [4.78, 5) is 12.0. The third kappa shape index (κ3) is 1.42. The van der Waals surface area contributed by atoms with E-state index in [2.05, 4.69) is 5.32 Å². The normalized spacial score (nSPS) is 26.8. The van der Waals surface area contributed by atoms with Crippen LogP contribution in [-0.2, 0) is 4.79 Å². The van der Waals surface area contributed by atoms with Crippen molar-refractivity contribution in [1.29, 1.82) is 0 Å². The molecule has 0 aliphatic carbocycles. The predicted octanol–water partition coefficient (Wildman–Crippen LogP) is -0.563. The van der Waals surface area contributed by atoms with Gasteiger partial charge in [-0.2, -0.15) is 0 Å². The Morgan fingerprint density at radius 3 is 2.89 bits per heavy atom. The van der Waals surface area contributed by atoms with Crippen molar-refractivity contribution < 1.29 is 4.79 Å². The molecule has 0 saturated carbocycles. The Morgan fingerprint density at radius 2 is 2.56 bits per heavy atom. The van der Waals surface area contributed by atoms with E-state index in [0.29, 0.717) is 6.04 Å². The van der Waals surface area contributed by atoms with Crippen LogP contribution in [0.5, 0.6) is 0 Å². The minimum atomic E-state index is 0.523. The standard InChI is InChI=1S/C6H12N2O/c1-7-6-2-3-8(4-6)5-9/h5-7H,2-4H2,1H3/t6-/m1/s1. The largest absolute Gasteiger partial charge is 0.344 e. The van der Waals surface area contributed by atoms with Crippen LogP contribution in [0.15, 0.2) is 0 Å². The van der Waals surface area contributed by atoms with E-state index in [4.69, 9.17) is 0 Å². The van der Waals surface area contributed by atoms with E-state index in [1.807, 2.05) is 7.05 Å². The molecule has 0 unspecified atom stereocenters. The van der Waals surface area contributed by atoms with Crippen LogP contribution in [0, 0.1) is 0 Å². The summed E-state index contributed by atoms with van der Waals surface area (Å²) in [5, 5.41) is 3.13. The molecule has 0 bridgehead atoms. The first-order valence-corrected chi connectivity index (χ1v) is 3.23. The molecule has 1 amide bonds. The second-order valence-electron chi connectivity index (χ2n) is 2.37. The molecule has 0 aromatic heterocycles. The lowest BCUT2D eigenvalue weighted by Crippen LogP contribution is -2.28. The van der Waals surface area contributed by atoms with Gasteiger partial charge in [0.2, 0.25) is 6.41 Å². The molecule has 0 spiro atoms. The van der Waals surface area contributed by atoms with E-state index in [0.717, 1.165) is 25.9 Å². The zero-order valence-corrected chi connectivity index (χ0v) is 5.63. The highest BCUT2D eigenvalue weighted by Crippen LogP contribution is 2.04. The fourth-order valence-corrected chi connectivity index (χ4v) is 1.12. The molecule has 1 heterocycles. The third-order valence-corrected chi connectivity index (χ3v) is 1.78. The summed E-state index contributed by atoms with van der Waals surface area (Å²) in [6.45, 7) is 1.79. The number of rotatable bonds is 2. The van der Waals surface area contributed by atoms with Gasteiger partial charge in [-0.3, -0.25) is 4.79 Å². The molecule has 1 aliphatic rings. The molecule has 1 atom stereocenters. The van der Waals surface area contributed by atoms with Gasteiger partial charge in [-0.15, -0.1) is 0 Å². The third-order valence-electron chi connectivity index (χ3n) is 1.78. The van der Waals surface area contributed by atoms with Gasteiger partial charge in [0.05, 0.1) is 0 Å². The number of hydrogen-bond donors (Lipinski definition) is 1. The summed E-state index contributed by atoms with van der Waals surface area (Å²) in [5.74, 6) is 0. The number of carbonyl (C=O) groups is 1. The Morgan fingerprint density at radius 1 is 1.78 bits per heavy atom. The monoisotopic (exact) mass is 128 g/mol. The first kappa shape index (κ1) is 6.55. The number of nitrogens with one attached hydrogen (secondary N) is 1. The highest BCUT2D eigenvalue weighted by atomic mass is 16.1. The summed E-state index contributed by atoms with van der Waals surface area (Å²) in [5.41, 5.74) is 0. The Kier molecular flexibility index (Phi) is 2.05. The molecule has 0 radical (unpaired) electrons. The van der Waals surface area contributed by atoms with Crippen molar-refractivity contribution in [2.45, 2.75) is 12.5 Å².